The van der Waals surface area contributed by atoms with Crippen LogP contribution in [0.3, 0.4) is 0 Å². The van der Waals surface area contributed by atoms with E-state index in [-0.39, 0.29) is 18.6 Å². The standard InChI is InChI=1S/C11H18BrNO3S2/c1-7(2)9(16-4)6-13-18(14,15)10-5-11(12)17-8(10)3/h5,7,9,13H,6H2,1-4H3. The minimum Gasteiger partial charge on any atom is -0.380 e. The Morgan fingerprint density at radius 3 is 2.50 bits per heavy atom. The topological polar surface area (TPSA) is 55.4 Å². The molecule has 0 saturated heterocycles. The number of sulfonamides is 1. The van der Waals surface area contributed by atoms with Gasteiger partial charge in [-0.05, 0) is 34.8 Å². The summed E-state index contributed by atoms with van der Waals surface area (Å²) in [7, 11) is -1.87. The molecule has 1 heterocycles. The minimum absolute atomic E-state index is 0.123. The molecule has 7 heteroatoms. The molecule has 0 radical (unpaired) electrons. The lowest BCUT2D eigenvalue weighted by atomic mass is 10.1. The molecule has 104 valence electrons. The van der Waals surface area contributed by atoms with Gasteiger partial charge >= 0.3 is 0 Å². The van der Waals surface area contributed by atoms with E-state index in [4.69, 9.17) is 4.74 Å². The number of hydrogen-bond acceptors (Lipinski definition) is 4. The lowest BCUT2D eigenvalue weighted by Gasteiger charge is -2.19. The molecule has 1 atom stereocenters. The fourth-order valence-electron chi connectivity index (χ4n) is 1.56. The summed E-state index contributed by atoms with van der Waals surface area (Å²) in [6, 6.07) is 1.62. The van der Waals surface area contributed by atoms with Crippen LogP contribution >= 0.6 is 27.3 Å². The molecule has 1 rings (SSSR count). The third kappa shape index (κ3) is 4.03. The van der Waals surface area contributed by atoms with Crippen molar-refractivity contribution in [3.63, 3.8) is 0 Å². The first-order valence-corrected chi connectivity index (χ1v) is 8.65. The molecule has 0 spiro atoms. The zero-order valence-electron chi connectivity index (χ0n) is 10.9. The SMILES string of the molecule is COC(CNS(=O)(=O)c1cc(Br)sc1C)C(C)C. The van der Waals surface area contributed by atoms with Crippen LogP contribution in [0.25, 0.3) is 0 Å². The maximum atomic E-state index is 12.1. The first-order valence-electron chi connectivity index (χ1n) is 5.56. The zero-order valence-corrected chi connectivity index (χ0v) is 14.1. The van der Waals surface area contributed by atoms with Crippen LogP contribution in [0.4, 0.5) is 0 Å². The molecular formula is C11H18BrNO3S2. The first kappa shape index (κ1) is 16.1. The van der Waals surface area contributed by atoms with Gasteiger partial charge in [-0.2, -0.15) is 0 Å². The van der Waals surface area contributed by atoms with E-state index in [2.05, 4.69) is 20.7 Å². The van der Waals surface area contributed by atoms with Crippen molar-refractivity contribution in [2.75, 3.05) is 13.7 Å². The van der Waals surface area contributed by atoms with Gasteiger partial charge in [0.05, 0.1) is 14.8 Å². The van der Waals surface area contributed by atoms with Crippen LogP contribution in [0.2, 0.25) is 0 Å². The van der Waals surface area contributed by atoms with Gasteiger partial charge in [-0.15, -0.1) is 11.3 Å². The zero-order chi connectivity index (χ0) is 13.9. The second kappa shape index (κ2) is 6.47. The van der Waals surface area contributed by atoms with Crippen molar-refractivity contribution in [1.82, 2.24) is 4.72 Å². The van der Waals surface area contributed by atoms with Crippen LogP contribution in [-0.2, 0) is 14.8 Å². The highest BCUT2D eigenvalue weighted by Gasteiger charge is 2.22. The van der Waals surface area contributed by atoms with Crippen LogP contribution in [0, 0.1) is 12.8 Å². The van der Waals surface area contributed by atoms with Gasteiger partial charge in [0.2, 0.25) is 10.0 Å². The number of ether oxygens (including phenoxy) is 1. The summed E-state index contributed by atoms with van der Waals surface area (Å²) in [6.45, 7) is 6.06. The van der Waals surface area contributed by atoms with Crippen molar-refractivity contribution in [3.8, 4) is 0 Å². The Labute approximate surface area is 121 Å². The summed E-state index contributed by atoms with van der Waals surface area (Å²) in [5.41, 5.74) is 0. The van der Waals surface area contributed by atoms with Crippen molar-refractivity contribution >= 4 is 37.3 Å². The van der Waals surface area contributed by atoms with E-state index in [1.54, 1.807) is 20.1 Å². The fourth-order valence-corrected chi connectivity index (χ4v) is 5.02. The predicted molar refractivity (Wildman–Crippen MR) is 77.6 cm³/mol. The second-order valence-electron chi connectivity index (χ2n) is 4.34. The van der Waals surface area contributed by atoms with Crippen molar-refractivity contribution in [2.45, 2.75) is 31.8 Å². The quantitative estimate of drug-likeness (QED) is 0.853. The van der Waals surface area contributed by atoms with E-state index >= 15 is 0 Å². The van der Waals surface area contributed by atoms with Crippen molar-refractivity contribution in [3.05, 3.63) is 14.7 Å². The highest BCUT2D eigenvalue weighted by Crippen LogP contribution is 2.29. The average Bonchev–Trinajstić information content (AvgIpc) is 2.58. The summed E-state index contributed by atoms with van der Waals surface area (Å²) in [6.07, 6.45) is -0.123. The van der Waals surface area contributed by atoms with Crippen LogP contribution in [-0.4, -0.2) is 28.2 Å². The molecule has 0 aliphatic carbocycles. The predicted octanol–water partition coefficient (Wildman–Crippen LogP) is 2.77. The Balaban J connectivity index is 2.80. The third-order valence-corrected chi connectivity index (χ3v) is 5.88. The molecule has 1 aromatic rings. The Morgan fingerprint density at radius 1 is 1.50 bits per heavy atom. The molecule has 0 amide bonds. The van der Waals surface area contributed by atoms with Gasteiger partial charge in [0.25, 0.3) is 0 Å². The normalized spacial score (nSPS) is 14.1. The lowest BCUT2D eigenvalue weighted by molar-refractivity contribution is 0.0691. The molecular weight excluding hydrogens is 338 g/mol. The van der Waals surface area contributed by atoms with Crippen LogP contribution in [0.15, 0.2) is 14.7 Å². The van der Waals surface area contributed by atoms with Crippen molar-refractivity contribution < 1.29 is 13.2 Å². The summed E-state index contributed by atoms with van der Waals surface area (Å²) < 4.78 is 32.9. The molecule has 0 saturated carbocycles. The molecule has 1 N–H and O–H groups in total. The smallest absolute Gasteiger partial charge is 0.241 e. The van der Waals surface area contributed by atoms with Gasteiger partial charge in [-0.3, -0.25) is 0 Å². The average molecular weight is 356 g/mol. The summed E-state index contributed by atoms with van der Waals surface area (Å²) >= 11 is 4.70. The first-order chi connectivity index (χ1) is 8.27. The van der Waals surface area contributed by atoms with Crippen molar-refractivity contribution in [2.24, 2.45) is 5.92 Å². The number of aryl methyl sites for hydroxylation is 1. The van der Waals surface area contributed by atoms with Gasteiger partial charge < -0.3 is 4.74 Å². The number of halogens is 1. The molecule has 0 bridgehead atoms. The number of nitrogens with one attached hydrogen (secondary N) is 1. The van der Waals surface area contributed by atoms with Gasteiger partial charge in [0, 0.05) is 18.5 Å². The van der Waals surface area contributed by atoms with Gasteiger partial charge in [-0.25, -0.2) is 13.1 Å². The van der Waals surface area contributed by atoms with Gasteiger partial charge in [-0.1, -0.05) is 13.8 Å². The third-order valence-electron chi connectivity index (χ3n) is 2.65. The highest BCUT2D eigenvalue weighted by molar-refractivity contribution is 9.11. The molecule has 0 fully saturated rings. The second-order valence-corrected chi connectivity index (χ2v) is 8.71. The monoisotopic (exact) mass is 355 g/mol. The van der Waals surface area contributed by atoms with Crippen LogP contribution < -0.4 is 4.72 Å². The summed E-state index contributed by atoms with van der Waals surface area (Å²) in [5.74, 6) is 0.257. The van der Waals surface area contributed by atoms with Crippen LogP contribution in [0.5, 0.6) is 0 Å². The van der Waals surface area contributed by atoms with E-state index in [1.807, 2.05) is 13.8 Å². The lowest BCUT2D eigenvalue weighted by Crippen LogP contribution is -2.36. The Hall–Kier alpha value is 0.0500. The van der Waals surface area contributed by atoms with Gasteiger partial charge in [0.1, 0.15) is 0 Å². The van der Waals surface area contributed by atoms with E-state index in [0.29, 0.717) is 4.90 Å². The maximum Gasteiger partial charge on any atom is 0.241 e. The maximum absolute atomic E-state index is 12.1. The highest BCUT2D eigenvalue weighted by atomic mass is 79.9. The number of rotatable bonds is 6. The van der Waals surface area contributed by atoms with Crippen LogP contribution in [0.1, 0.15) is 18.7 Å². The molecule has 18 heavy (non-hydrogen) atoms. The summed E-state index contributed by atoms with van der Waals surface area (Å²) in [5, 5.41) is 0. The fraction of sp³-hybridized carbons (Fsp3) is 0.636. The largest absolute Gasteiger partial charge is 0.380 e. The van der Waals surface area contributed by atoms with Gasteiger partial charge in [0.15, 0.2) is 0 Å². The molecule has 0 aliphatic rings. The minimum atomic E-state index is -3.46. The molecule has 4 nitrogen and oxygen atoms in total. The molecule has 0 aromatic carbocycles. The Morgan fingerprint density at radius 2 is 2.11 bits per heavy atom. The van der Waals surface area contributed by atoms with E-state index in [1.165, 1.54) is 11.3 Å². The van der Waals surface area contributed by atoms with Crippen molar-refractivity contribution in [1.29, 1.82) is 0 Å². The Bertz CT molecular complexity index is 496. The molecule has 1 aromatic heterocycles. The number of methoxy groups -OCH3 is 1. The van der Waals surface area contributed by atoms with E-state index < -0.39 is 10.0 Å². The summed E-state index contributed by atoms with van der Waals surface area (Å²) in [4.78, 5) is 1.10. The molecule has 0 aliphatic heterocycles. The number of hydrogen-bond donors (Lipinski definition) is 1. The number of thiophene rings is 1. The Kier molecular flexibility index (Phi) is 5.79. The van der Waals surface area contributed by atoms with E-state index in [9.17, 15) is 8.42 Å². The molecule has 1 unspecified atom stereocenters. The van der Waals surface area contributed by atoms with E-state index in [0.717, 1.165) is 8.66 Å².